The van der Waals surface area contributed by atoms with E-state index in [-0.39, 0.29) is 32.2 Å². The summed E-state index contributed by atoms with van der Waals surface area (Å²) in [5.74, 6) is -0.335. The van der Waals surface area contributed by atoms with Crippen molar-refractivity contribution in [1.82, 2.24) is 0 Å². The summed E-state index contributed by atoms with van der Waals surface area (Å²) in [4.78, 5) is 10.6. The third kappa shape index (κ3) is 37.0. The molecule has 16 heavy (non-hydrogen) atoms. The molecule has 5 nitrogen and oxygen atoms in total. The number of ether oxygens (including phenoxy) is 1. The zero-order valence-corrected chi connectivity index (χ0v) is 12.9. The second-order valence-electron chi connectivity index (χ2n) is 1.77. The van der Waals surface area contributed by atoms with E-state index in [4.69, 9.17) is 15.3 Å². The van der Waals surface area contributed by atoms with Crippen molar-refractivity contribution in [2.45, 2.75) is 13.3 Å². The fourth-order valence-corrected chi connectivity index (χ4v) is 0.288. The van der Waals surface area contributed by atoms with Crippen molar-refractivity contribution in [2.75, 3.05) is 27.9 Å². The number of aliphatic hydroxyl groups is 3. The quantitative estimate of drug-likeness (QED) is 0.392. The fraction of sp³-hybridized carbons (Fsp3) is 0.600. The number of rotatable bonds is 3. The SMILES string of the molecule is C=C(C)C(=O)OCC[CH2-].CO.CO.CO.[Zr]. The Kier molecular flexibility index (Phi) is 67.5. The number of hydrogen-bond donors (Lipinski definition) is 3. The van der Waals surface area contributed by atoms with Crippen molar-refractivity contribution in [3.8, 4) is 0 Å². The molecule has 0 aromatic heterocycles. The first-order valence-electron chi connectivity index (χ1n) is 4.14. The van der Waals surface area contributed by atoms with Crippen LogP contribution in [0.15, 0.2) is 12.2 Å². The van der Waals surface area contributed by atoms with Crippen LogP contribution in [-0.4, -0.2) is 49.2 Å². The topological polar surface area (TPSA) is 87.0 Å². The van der Waals surface area contributed by atoms with Gasteiger partial charge in [0.15, 0.2) is 0 Å². The molecule has 6 heteroatoms. The average molecular weight is 315 g/mol. The molecule has 0 radical (unpaired) electrons. The minimum absolute atomic E-state index is 0. The van der Waals surface area contributed by atoms with Gasteiger partial charge in [0.05, 0.1) is 6.61 Å². The Labute approximate surface area is 117 Å². The minimum atomic E-state index is -0.335. The molecule has 0 saturated carbocycles. The van der Waals surface area contributed by atoms with Gasteiger partial charge in [-0.05, 0) is 6.92 Å². The molecule has 0 aliphatic heterocycles. The molecule has 0 aromatic rings. The molecule has 0 amide bonds. The van der Waals surface area contributed by atoms with Crippen LogP contribution >= 0.6 is 0 Å². The molecule has 0 fully saturated rings. The Hall–Kier alpha value is -0.0269. The molecule has 0 aliphatic carbocycles. The van der Waals surface area contributed by atoms with E-state index in [2.05, 4.69) is 18.2 Å². The van der Waals surface area contributed by atoms with Gasteiger partial charge in [0.25, 0.3) is 0 Å². The summed E-state index contributed by atoms with van der Waals surface area (Å²) in [5.41, 5.74) is 0.434. The van der Waals surface area contributed by atoms with Crippen LogP contribution in [0.2, 0.25) is 0 Å². The summed E-state index contributed by atoms with van der Waals surface area (Å²) < 4.78 is 4.65. The van der Waals surface area contributed by atoms with Crippen LogP contribution in [0, 0.1) is 6.92 Å². The summed E-state index contributed by atoms with van der Waals surface area (Å²) in [6, 6.07) is 0. The van der Waals surface area contributed by atoms with Gasteiger partial charge in [0, 0.05) is 53.1 Å². The second-order valence-corrected chi connectivity index (χ2v) is 1.77. The first kappa shape index (κ1) is 29.7. The van der Waals surface area contributed by atoms with E-state index in [9.17, 15) is 4.79 Å². The zero-order chi connectivity index (χ0) is 13.3. The van der Waals surface area contributed by atoms with E-state index >= 15 is 0 Å². The van der Waals surface area contributed by atoms with E-state index in [1.807, 2.05) is 0 Å². The molecule has 98 valence electrons. The first-order chi connectivity index (χ1) is 7.18. The smallest absolute Gasteiger partial charge is 0.333 e. The minimum Gasteiger partial charge on any atom is -0.465 e. The summed E-state index contributed by atoms with van der Waals surface area (Å²) in [6.07, 6.45) is 0.610. The zero-order valence-electron chi connectivity index (χ0n) is 10.5. The molecule has 0 aromatic carbocycles. The van der Waals surface area contributed by atoms with E-state index < -0.39 is 0 Å². The molecule has 0 spiro atoms. The monoisotopic (exact) mass is 313 g/mol. The van der Waals surface area contributed by atoms with E-state index in [1.54, 1.807) is 6.92 Å². The van der Waals surface area contributed by atoms with Crippen molar-refractivity contribution < 1.29 is 51.1 Å². The van der Waals surface area contributed by atoms with Gasteiger partial charge in [-0.3, -0.25) is 0 Å². The average Bonchev–Trinajstić information content (AvgIpc) is 2.33. The molecule has 0 bridgehead atoms. The summed E-state index contributed by atoms with van der Waals surface area (Å²) in [7, 11) is 3.00. The van der Waals surface area contributed by atoms with Crippen molar-refractivity contribution in [3.05, 3.63) is 19.1 Å². The van der Waals surface area contributed by atoms with Gasteiger partial charge in [-0.15, -0.1) is 6.42 Å². The summed E-state index contributed by atoms with van der Waals surface area (Å²) in [6.45, 7) is 8.92. The second kappa shape index (κ2) is 36.3. The molecular weight excluding hydrogens is 291 g/mol. The van der Waals surface area contributed by atoms with Crippen LogP contribution in [-0.2, 0) is 35.7 Å². The Morgan fingerprint density at radius 2 is 1.50 bits per heavy atom. The molecule has 0 unspecified atom stereocenters. The predicted octanol–water partition coefficient (Wildman–Crippen LogP) is 0.153. The van der Waals surface area contributed by atoms with Gasteiger partial charge >= 0.3 is 5.97 Å². The van der Waals surface area contributed by atoms with Crippen LogP contribution < -0.4 is 0 Å². The first-order valence-corrected chi connectivity index (χ1v) is 4.14. The van der Waals surface area contributed by atoms with Gasteiger partial charge in [0.1, 0.15) is 0 Å². The van der Waals surface area contributed by atoms with E-state index in [0.29, 0.717) is 18.6 Å². The third-order valence-corrected chi connectivity index (χ3v) is 0.726. The van der Waals surface area contributed by atoms with Crippen molar-refractivity contribution in [3.63, 3.8) is 0 Å². The van der Waals surface area contributed by atoms with Gasteiger partial charge in [-0.1, -0.05) is 6.58 Å². The Morgan fingerprint density at radius 1 is 1.19 bits per heavy atom. The number of aliphatic hydroxyl groups excluding tert-OH is 3. The van der Waals surface area contributed by atoms with E-state index in [0.717, 1.165) is 21.3 Å². The maximum atomic E-state index is 10.6. The molecule has 0 atom stereocenters. The van der Waals surface area contributed by atoms with Crippen LogP contribution in [0.4, 0.5) is 0 Å². The maximum absolute atomic E-state index is 10.6. The molecule has 0 heterocycles. The Morgan fingerprint density at radius 3 is 1.69 bits per heavy atom. The number of carbonyl (C=O) groups excluding carboxylic acids is 1. The van der Waals surface area contributed by atoms with Crippen molar-refractivity contribution >= 4 is 5.97 Å². The van der Waals surface area contributed by atoms with E-state index in [1.165, 1.54) is 0 Å². The fourth-order valence-electron chi connectivity index (χ4n) is 0.288. The standard InChI is InChI=1S/C7H11O2.3CH4O.Zr/c1-4-5-9-7(8)6(2)3;3*1-2;/h1-2,4-5H2,3H3;3*2H,1H3;/q-1;;;;. The molecule has 3 N–H and O–H groups in total. The van der Waals surface area contributed by atoms with Crippen LogP contribution in [0.25, 0.3) is 0 Å². The van der Waals surface area contributed by atoms with Gasteiger partial charge in [-0.25, -0.2) is 4.79 Å². The van der Waals surface area contributed by atoms with Gasteiger partial charge in [0.2, 0.25) is 0 Å². The van der Waals surface area contributed by atoms with Gasteiger partial charge < -0.3 is 27.0 Å². The Balaban J connectivity index is -0.0000000498. The van der Waals surface area contributed by atoms with Gasteiger partial charge in [-0.2, -0.15) is 0 Å². The molecule has 0 saturated heterocycles. The molecule has 0 rings (SSSR count). The number of carbonyl (C=O) groups is 1. The summed E-state index contributed by atoms with van der Waals surface area (Å²) >= 11 is 0. The largest absolute Gasteiger partial charge is 0.465 e. The predicted molar refractivity (Wildman–Crippen MR) is 60.2 cm³/mol. The molecular formula is C10H23O5Zr-. The maximum Gasteiger partial charge on any atom is 0.333 e. The Bertz CT molecular complexity index is 128. The number of esters is 1. The van der Waals surface area contributed by atoms with Crippen molar-refractivity contribution in [2.24, 2.45) is 0 Å². The summed E-state index contributed by atoms with van der Waals surface area (Å²) in [5, 5.41) is 21.0. The normalized spacial score (nSPS) is 6.00. The van der Waals surface area contributed by atoms with Crippen LogP contribution in [0.5, 0.6) is 0 Å². The van der Waals surface area contributed by atoms with Crippen LogP contribution in [0.1, 0.15) is 13.3 Å². The van der Waals surface area contributed by atoms with Crippen molar-refractivity contribution in [1.29, 1.82) is 0 Å². The molecule has 0 aliphatic rings. The number of hydrogen-bond acceptors (Lipinski definition) is 5. The third-order valence-electron chi connectivity index (χ3n) is 0.726. The van der Waals surface area contributed by atoms with Crippen LogP contribution in [0.3, 0.4) is 0 Å².